The van der Waals surface area contributed by atoms with Crippen molar-refractivity contribution in [3.05, 3.63) is 28.3 Å². The van der Waals surface area contributed by atoms with Crippen molar-refractivity contribution in [3.63, 3.8) is 0 Å². The topological polar surface area (TPSA) is 29.5 Å². The molecule has 1 unspecified atom stereocenters. The van der Waals surface area contributed by atoms with Crippen LogP contribution in [-0.2, 0) is 12.8 Å². The van der Waals surface area contributed by atoms with Gasteiger partial charge in [0.25, 0.3) is 0 Å². The summed E-state index contributed by atoms with van der Waals surface area (Å²) in [6.45, 7) is 1.03. The van der Waals surface area contributed by atoms with Gasteiger partial charge in [0.2, 0.25) is 0 Å². The first-order chi connectivity index (χ1) is 9.28. The Labute approximate surface area is 119 Å². The van der Waals surface area contributed by atoms with Gasteiger partial charge in [-0.1, -0.05) is 37.3 Å². The summed E-state index contributed by atoms with van der Waals surface area (Å²) >= 11 is 6.20. The molecule has 1 fully saturated rings. The second kappa shape index (κ2) is 5.72. The minimum atomic E-state index is 0.270. The molecular weight excluding hydrogens is 260 g/mol. The van der Waals surface area contributed by atoms with Crippen LogP contribution in [0.2, 0.25) is 5.02 Å². The maximum absolute atomic E-state index is 9.69. The maximum Gasteiger partial charge on any atom is 0.125 e. The van der Waals surface area contributed by atoms with E-state index in [1.807, 2.05) is 12.1 Å². The van der Waals surface area contributed by atoms with Crippen molar-refractivity contribution in [1.29, 1.82) is 0 Å². The van der Waals surface area contributed by atoms with E-state index < -0.39 is 0 Å². The summed E-state index contributed by atoms with van der Waals surface area (Å²) in [4.78, 5) is 0. The van der Waals surface area contributed by atoms with Gasteiger partial charge in [0.05, 0.1) is 6.61 Å². The van der Waals surface area contributed by atoms with Crippen LogP contribution in [0, 0.1) is 11.8 Å². The standard InChI is InChI=1S/C16H21ClO2/c17-15-8-12-5-6-19-16(12)13(9-15)7-14(10-18)11-3-1-2-4-11/h8-9,11,14,18H,1-7,10H2. The third kappa shape index (κ3) is 2.75. The van der Waals surface area contributed by atoms with Gasteiger partial charge in [0, 0.05) is 18.1 Å². The van der Waals surface area contributed by atoms with E-state index in [9.17, 15) is 5.11 Å². The Morgan fingerprint density at radius 3 is 2.84 bits per heavy atom. The Kier molecular flexibility index (Phi) is 3.99. The average Bonchev–Trinajstić information content (AvgIpc) is 3.05. The Morgan fingerprint density at radius 2 is 2.11 bits per heavy atom. The molecule has 1 heterocycles. The average molecular weight is 281 g/mol. The summed E-state index contributed by atoms with van der Waals surface area (Å²) in [7, 11) is 0. The van der Waals surface area contributed by atoms with Crippen LogP contribution in [-0.4, -0.2) is 18.3 Å². The number of halogens is 1. The molecule has 1 aromatic rings. The minimum absolute atomic E-state index is 0.270. The highest BCUT2D eigenvalue weighted by Crippen LogP contribution is 2.38. The lowest BCUT2D eigenvalue weighted by molar-refractivity contribution is 0.175. The molecule has 2 aliphatic rings. The third-order valence-corrected chi connectivity index (χ3v) is 4.83. The smallest absolute Gasteiger partial charge is 0.125 e. The van der Waals surface area contributed by atoms with Crippen LogP contribution in [0.25, 0.3) is 0 Å². The molecule has 1 aliphatic carbocycles. The fourth-order valence-electron chi connectivity index (χ4n) is 3.59. The largest absolute Gasteiger partial charge is 0.493 e. The van der Waals surface area contributed by atoms with E-state index >= 15 is 0 Å². The predicted octanol–water partition coefficient (Wildman–Crippen LogP) is 3.62. The molecule has 19 heavy (non-hydrogen) atoms. The van der Waals surface area contributed by atoms with Gasteiger partial charge >= 0.3 is 0 Å². The van der Waals surface area contributed by atoms with Crippen molar-refractivity contribution >= 4 is 11.6 Å². The lowest BCUT2D eigenvalue weighted by Gasteiger charge is -2.22. The Balaban J connectivity index is 1.81. The first kappa shape index (κ1) is 13.3. The second-order valence-corrected chi connectivity index (χ2v) is 6.28. The lowest BCUT2D eigenvalue weighted by Crippen LogP contribution is -2.19. The normalized spacial score (nSPS) is 20.3. The number of ether oxygens (including phenoxy) is 1. The van der Waals surface area contributed by atoms with Crippen molar-refractivity contribution in [1.82, 2.24) is 0 Å². The summed E-state index contributed by atoms with van der Waals surface area (Å²) in [5.41, 5.74) is 2.41. The number of hydrogen-bond acceptors (Lipinski definition) is 2. The van der Waals surface area contributed by atoms with Gasteiger partial charge in [-0.15, -0.1) is 0 Å². The van der Waals surface area contributed by atoms with Crippen molar-refractivity contribution in [2.45, 2.75) is 38.5 Å². The van der Waals surface area contributed by atoms with Gasteiger partial charge in [-0.25, -0.2) is 0 Å². The number of benzene rings is 1. The zero-order chi connectivity index (χ0) is 13.2. The highest BCUT2D eigenvalue weighted by molar-refractivity contribution is 6.30. The van der Waals surface area contributed by atoms with Gasteiger partial charge in [-0.3, -0.25) is 0 Å². The molecule has 0 bridgehead atoms. The monoisotopic (exact) mass is 280 g/mol. The second-order valence-electron chi connectivity index (χ2n) is 5.84. The van der Waals surface area contributed by atoms with Crippen LogP contribution in [0.1, 0.15) is 36.8 Å². The van der Waals surface area contributed by atoms with Crippen LogP contribution in [0.4, 0.5) is 0 Å². The maximum atomic E-state index is 9.69. The molecule has 0 amide bonds. The SMILES string of the molecule is OCC(Cc1cc(Cl)cc2c1OCC2)C1CCCC1. The molecule has 1 saturated carbocycles. The first-order valence-electron chi connectivity index (χ1n) is 7.33. The van der Waals surface area contributed by atoms with Crippen molar-refractivity contribution in [2.24, 2.45) is 11.8 Å². The zero-order valence-electron chi connectivity index (χ0n) is 11.2. The molecule has 0 spiro atoms. The molecule has 104 valence electrons. The Bertz CT molecular complexity index is 452. The molecule has 0 saturated heterocycles. The molecular formula is C16H21ClO2. The quantitative estimate of drug-likeness (QED) is 0.913. The summed E-state index contributed by atoms with van der Waals surface area (Å²) in [5, 5.41) is 10.5. The highest BCUT2D eigenvalue weighted by Gasteiger charge is 2.27. The first-order valence-corrected chi connectivity index (χ1v) is 7.70. The van der Waals surface area contributed by atoms with Gasteiger partial charge in [-0.2, -0.15) is 0 Å². The Hall–Kier alpha value is -0.730. The van der Waals surface area contributed by atoms with Crippen molar-refractivity contribution in [2.75, 3.05) is 13.2 Å². The van der Waals surface area contributed by atoms with Crippen LogP contribution in [0.15, 0.2) is 12.1 Å². The zero-order valence-corrected chi connectivity index (χ0v) is 12.0. The number of aliphatic hydroxyl groups is 1. The Morgan fingerprint density at radius 1 is 1.32 bits per heavy atom. The highest BCUT2D eigenvalue weighted by atomic mass is 35.5. The summed E-state index contributed by atoms with van der Waals surface area (Å²) in [5.74, 6) is 2.05. The van der Waals surface area contributed by atoms with Crippen LogP contribution in [0.5, 0.6) is 5.75 Å². The van der Waals surface area contributed by atoms with E-state index in [1.54, 1.807) is 0 Å². The number of fused-ring (bicyclic) bond motifs is 1. The van der Waals surface area contributed by atoms with E-state index in [1.165, 1.54) is 36.8 Å². The van der Waals surface area contributed by atoms with Crippen LogP contribution in [0.3, 0.4) is 0 Å². The van der Waals surface area contributed by atoms with Gasteiger partial charge in [0.15, 0.2) is 0 Å². The van der Waals surface area contributed by atoms with Crippen LogP contribution >= 0.6 is 11.6 Å². The summed E-state index contributed by atoms with van der Waals surface area (Å²) in [6, 6.07) is 4.03. The molecule has 2 nitrogen and oxygen atoms in total. The third-order valence-electron chi connectivity index (χ3n) is 4.61. The molecule has 0 aromatic heterocycles. The molecule has 3 rings (SSSR count). The van der Waals surface area contributed by atoms with Crippen LogP contribution < -0.4 is 4.74 Å². The van der Waals surface area contributed by atoms with E-state index in [2.05, 4.69) is 0 Å². The number of aliphatic hydroxyl groups excluding tert-OH is 1. The van der Waals surface area contributed by atoms with E-state index in [0.29, 0.717) is 11.8 Å². The summed E-state index contributed by atoms with van der Waals surface area (Å²) < 4.78 is 5.75. The molecule has 1 aromatic carbocycles. The fraction of sp³-hybridized carbons (Fsp3) is 0.625. The molecule has 1 atom stereocenters. The number of rotatable bonds is 4. The molecule has 3 heteroatoms. The lowest BCUT2D eigenvalue weighted by atomic mass is 9.85. The van der Waals surface area contributed by atoms with Gasteiger partial charge in [-0.05, 0) is 41.5 Å². The molecule has 1 N–H and O–H groups in total. The molecule has 1 aliphatic heterocycles. The fourth-order valence-corrected chi connectivity index (χ4v) is 3.85. The number of hydrogen-bond donors (Lipinski definition) is 1. The van der Waals surface area contributed by atoms with E-state index in [4.69, 9.17) is 16.3 Å². The van der Waals surface area contributed by atoms with E-state index in [-0.39, 0.29) is 6.61 Å². The van der Waals surface area contributed by atoms with Crippen molar-refractivity contribution in [3.8, 4) is 5.75 Å². The van der Waals surface area contributed by atoms with Crippen molar-refractivity contribution < 1.29 is 9.84 Å². The predicted molar refractivity (Wildman–Crippen MR) is 76.9 cm³/mol. The van der Waals surface area contributed by atoms with Gasteiger partial charge in [0.1, 0.15) is 5.75 Å². The molecule has 0 radical (unpaired) electrons. The minimum Gasteiger partial charge on any atom is -0.493 e. The van der Waals surface area contributed by atoms with E-state index in [0.717, 1.165) is 30.2 Å². The summed E-state index contributed by atoms with van der Waals surface area (Å²) in [6.07, 6.45) is 6.99. The van der Waals surface area contributed by atoms with Gasteiger partial charge < -0.3 is 9.84 Å².